The maximum absolute atomic E-state index is 12.4. The fraction of sp³-hybridized carbons (Fsp3) is 0.278. The molecular formula is C18H18N2O4. The Bertz CT molecular complexity index is 751. The fourth-order valence-electron chi connectivity index (χ4n) is 2.74. The van der Waals surface area contributed by atoms with Gasteiger partial charge in [-0.1, -0.05) is 6.07 Å². The average molecular weight is 326 g/mol. The summed E-state index contributed by atoms with van der Waals surface area (Å²) in [7, 11) is 0. The molecule has 1 aliphatic heterocycles. The maximum atomic E-state index is 12.4. The van der Waals surface area contributed by atoms with Gasteiger partial charge in [-0.15, -0.1) is 0 Å². The number of benzene rings is 1. The summed E-state index contributed by atoms with van der Waals surface area (Å²) >= 11 is 0. The number of nitrogens with one attached hydrogen (secondary N) is 1. The van der Waals surface area contributed by atoms with Crippen molar-refractivity contribution in [2.45, 2.75) is 32.2 Å². The second-order valence-corrected chi connectivity index (χ2v) is 5.83. The van der Waals surface area contributed by atoms with Gasteiger partial charge in [-0.3, -0.25) is 19.3 Å². The molecule has 2 heterocycles. The van der Waals surface area contributed by atoms with Crippen molar-refractivity contribution in [2.75, 3.05) is 4.90 Å². The van der Waals surface area contributed by atoms with Gasteiger partial charge in [0.25, 0.3) is 5.91 Å². The number of hydrogen-bond acceptors (Lipinski definition) is 4. The van der Waals surface area contributed by atoms with Crippen LogP contribution < -0.4 is 10.2 Å². The normalized spacial score (nSPS) is 15.6. The lowest BCUT2D eigenvalue weighted by Crippen LogP contribution is -2.34. The van der Waals surface area contributed by atoms with E-state index in [9.17, 15) is 14.4 Å². The molecule has 0 aliphatic carbocycles. The number of anilines is 1. The molecule has 1 aromatic heterocycles. The van der Waals surface area contributed by atoms with Crippen molar-refractivity contribution in [3.05, 3.63) is 54.0 Å². The van der Waals surface area contributed by atoms with Crippen LogP contribution in [0.4, 0.5) is 5.69 Å². The van der Waals surface area contributed by atoms with Crippen LogP contribution in [0.3, 0.4) is 0 Å². The lowest BCUT2D eigenvalue weighted by Gasteiger charge is -2.16. The number of nitrogens with zero attached hydrogens (tertiary/aromatic N) is 1. The molecule has 1 aliphatic rings. The molecule has 0 saturated carbocycles. The van der Waals surface area contributed by atoms with Gasteiger partial charge < -0.3 is 9.73 Å². The standard InChI is InChI=1S/C18H18N2O4/c1-12(10-15-6-3-9-24-15)19-18(23)13-4-2-5-14(11-13)20-16(21)7-8-17(20)22/h2-6,9,11-12H,7-8,10H2,1H3,(H,19,23)/t12-/m1/s1. The summed E-state index contributed by atoms with van der Waals surface area (Å²) < 4.78 is 5.27. The molecule has 1 fully saturated rings. The highest BCUT2D eigenvalue weighted by atomic mass is 16.3. The van der Waals surface area contributed by atoms with Crippen molar-refractivity contribution in [1.82, 2.24) is 5.32 Å². The van der Waals surface area contributed by atoms with E-state index in [2.05, 4.69) is 5.32 Å². The van der Waals surface area contributed by atoms with Crippen molar-refractivity contribution in [3.63, 3.8) is 0 Å². The zero-order chi connectivity index (χ0) is 17.1. The van der Waals surface area contributed by atoms with Crippen LogP contribution in [0.5, 0.6) is 0 Å². The number of furan rings is 1. The fourth-order valence-corrected chi connectivity index (χ4v) is 2.74. The number of carbonyl (C=O) groups is 3. The first-order chi connectivity index (χ1) is 11.5. The summed E-state index contributed by atoms with van der Waals surface area (Å²) in [6, 6.07) is 10.1. The first-order valence-electron chi connectivity index (χ1n) is 7.83. The van der Waals surface area contributed by atoms with Gasteiger partial charge in [0.2, 0.25) is 11.8 Å². The molecule has 0 bridgehead atoms. The highest BCUT2D eigenvalue weighted by molar-refractivity contribution is 6.20. The van der Waals surface area contributed by atoms with E-state index in [0.717, 1.165) is 10.7 Å². The van der Waals surface area contributed by atoms with E-state index in [0.29, 0.717) is 17.7 Å². The summed E-state index contributed by atoms with van der Waals surface area (Å²) in [4.78, 5) is 37.2. The van der Waals surface area contributed by atoms with Crippen molar-refractivity contribution in [2.24, 2.45) is 0 Å². The van der Waals surface area contributed by atoms with Crippen LogP contribution in [0.15, 0.2) is 47.1 Å². The topological polar surface area (TPSA) is 79.6 Å². The zero-order valence-corrected chi connectivity index (χ0v) is 13.3. The lowest BCUT2D eigenvalue weighted by atomic mass is 10.1. The summed E-state index contributed by atoms with van der Waals surface area (Å²) in [6.45, 7) is 1.89. The van der Waals surface area contributed by atoms with Gasteiger partial charge in [0.05, 0.1) is 12.0 Å². The van der Waals surface area contributed by atoms with Crippen LogP contribution in [0.2, 0.25) is 0 Å². The first-order valence-corrected chi connectivity index (χ1v) is 7.83. The summed E-state index contributed by atoms with van der Waals surface area (Å²) in [5.41, 5.74) is 0.847. The average Bonchev–Trinajstić information content (AvgIpc) is 3.17. The quantitative estimate of drug-likeness (QED) is 0.855. The minimum absolute atomic E-state index is 0.109. The van der Waals surface area contributed by atoms with Gasteiger partial charge in [0, 0.05) is 30.9 Å². The molecule has 6 heteroatoms. The molecule has 124 valence electrons. The third-order valence-electron chi connectivity index (χ3n) is 3.88. The van der Waals surface area contributed by atoms with Crippen LogP contribution in [0.1, 0.15) is 35.9 Å². The molecule has 0 unspecified atom stereocenters. The molecule has 0 spiro atoms. The zero-order valence-electron chi connectivity index (χ0n) is 13.3. The Balaban J connectivity index is 1.70. The van der Waals surface area contributed by atoms with Gasteiger partial charge >= 0.3 is 0 Å². The highest BCUT2D eigenvalue weighted by Gasteiger charge is 2.30. The van der Waals surface area contributed by atoms with Crippen LogP contribution >= 0.6 is 0 Å². The molecule has 1 aromatic carbocycles. The Morgan fingerprint density at radius 2 is 1.96 bits per heavy atom. The van der Waals surface area contributed by atoms with Crippen molar-refractivity contribution >= 4 is 23.4 Å². The van der Waals surface area contributed by atoms with Crippen molar-refractivity contribution in [3.8, 4) is 0 Å². The third kappa shape index (κ3) is 3.37. The Morgan fingerprint density at radius 3 is 2.62 bits per heavy atom. The monoisotopic (exact) mass is 326 g/mol. The minimum Gasteiger partial charge on any atom is -0.469 e. The van der Waals surface area contributed by atoms with E-state index in [1.807, 2.05) is 13.0 Å². The maximum Gasteiger partial charge on any atom is 0.251 e. The molecular weight excluding hydrogens is 308 g/mol. The molecule has 3 amide bonds. The highest BCUT2D eigenvalue weighted by Crippen LogP contribution is 2.23. The van der Waals surface area contributed by atoms with E-state index in [1.54, 1.807) is 36.6 Å². The SMILES string of the molecule is C[C@H](Cc1ccco1)NC(=O)c1cccc(N2C(=O)CCC2=O)c1. The van der Waals surface area contributed by atoms with E-state index < -0.39 is 0 Å². The van der Waals surface area contributed by atoms with Crippen LogP contribution in [0, 0.1) is 0 Å². The Hall–Kier alpha value is -2.89. The number of imide groups is 1. The number of rotatable bonds is 5. The van der Waals surface area contributed by atoms with E-state index >= 15 is 0 Å². The molecule has 1 N–H and O–H groups in total. The Labute approximate surface area is 139 Å². The third-order valence-corrected chi connectivity index (χ3v) is 3.88. The molecule has 0 radical (unpaired) electrons. The Morgan fingerprint density at radius 1 is 1.21 bits per heavy atom. The van der Waals surface area contributed by atoms with Crippen LogP contribution in [-0.2, 0) is 16.0 Å². The van der Waals surface area contributed by atoms with Crippen molar-refractivity contribution < 1.29 is 18.8 Å². The van der Waals surface area contributed by atoms with Gasteiger partial charge in [-0.2, -0.15) is 0 Å². The largest absolute Gasteiger partial charge is 0.469 e. The number of amides is 3. The van der Waals surface area contributed by atoms with Gasteiger partial charge in [0.15, 0.2) is 0 Å². The lowest BCUT2D eigenvalue weighted by molar-refractivity contribution is -0.121. The predicted octanol–water partition coefficient (Wildman–Crippen LogP) is 2.29. The molecule has 3 rings (SSSR count). The molecule has 1 saturated heterocycles. The molecule has 6 nitrogen and oxygen atoms in total. The van der Waals surface area contributed by atoms with Crippen LogP contribution in [-0.4, -0.2) is 23.8 Å². The molecule has 2 aromatic rings. The van der Waals surface area contributed by atoms with Crippen LogP contribution in [0.25, 0.3) is 0 Å². The smallest absolute Gasteiger partial charge is 0.251 e. The van der Waals surface area contributed by atoms with E-state index in [1.165, 1.54) is 0 Å². The second-order valence-electron chi connectivity index (χ2n) is 5.83. The molecule has 24 heavy (non-hydrogen) atoms. The summed E-state index contributed by atoms with van der Waals surface area (Å²) in [5.74, 6) is 0.0762. The minimum atomic E-state index is -0.255. The Kier molecular flexibility index (Phi) is 4.46. The van der Waals surface area contributed by atoms with Crippen molar-refractivity contribution in [1.29, 1.82) is 0 Å². The molecule has 1 atom stereocenters. The number of hydrogen-bond donors (Lipinski definition) is 1. The summed E-state index contributed by atoms with van der Waals surface area (Å²) in [6.07, 6.45) is 2.61. The van der Waals surface area contributed by atoms with Gasteiger partial charge in [0.1, 0.15) is 5.76 Å². The summed E-state index contributed by atoms with van der Waals surface area (Å²) in [5, 5.41) is 2.89. The van der Waals surface area contributed by atoms with Gasteiger partial charge in [-0.05, 0) is 37.3 Å². The second kappa shape index (κ2) is 6.70. The predicted molar refractivity (Wildman–Crippen MR) is 87.5 cm³/mol. The van der Waals surface area contributed by atoms with E-state index in [-0.39, 0.29) is 36.6 Å². The number of carbonyl (C=O) groups excluding carboxylic acids is 3. The van der Waals surface area contributed by atoms with E-state index in [4.69, 9.17) is 4.42 Å². The first kappa shape index (κ1) is 16.0. The van der Waals surface area contributed by atoms with Gasteiger partial charge in [-0.25, -0.2) is 0 Å².